The van der Waals surface area contributed by atoms with Crippen LogP contribution in [0.15, 0.2) is 47.1 Å². The van der Waals surface area contributed by atoms with Gasteiger partial charge in [0.15, 0.2) is 0 Å². The van der Waals surface area contributed by atoms with E-state index in [-0.39, 0.29) is 0 Å². The van der Waals surface area contributed by atoms with Crippen LogP contribution in [0.3, 0.4) is 0 Å². The Kier molecular flexibility index (Phi) is 3.67. The fourth-order valence-electron chi connectivity index (χ4n) is 2.48. The molecule has 1 unspecified atom stereocenters. The van der Waals surface area contributed by atoms with Gasteiger partial charge in [-0.25, -0.2) is 0 Å². The Hall–Kier alpha value is -1.19. The van der Waals surface area contributed by atoms with Gasteiger partial charge < -0.3 is 5.11 Å². The SMILES string of the molecule is OC(c1cccc(C2CCC2)c1)c1ncccc1Br. The highest BCUT2D eigenvalue weighted by molar-refractivity contribution is 9.10. The molecule has 1 saturated carbocycles. The number of nitrogens with zero attached hydrogens (tertiary/aromatic N) is 1. The summed E-state index contributed by atoms with van der Waals surface area (Å²) in [5.74, 6) is 0.680. The quantitative estimate of drug-likeness (QED) is 0.920. The maximum Gasteiger partial charge on any atom is 0.122 e. The van der Waals surface area contributed by atoms with Gasteiger partial charge >= 0.3 is 0 Å². The van der Waals surface area contributed by atoms with Crippen LogP contribution in [-0.4, -0.2) is 10.1 Å². The molecule has 1 heterocycles. The molecular weight excluding hydrogens is 302 g/mol. The highest BCUT2D eigenvalue weighted by atomic mass is 79.9. The maximum absolute atomic E-state index is 10.5. The molecule has 3 heteroatoms. The first kappa shape index (κ1) is 12.8. The monoisotopic (exact) mass is 317 g/mol. The average molecular weight is 318 g/mol. The summed E-state index contributed by atoms with van der Waals surface area (Å²) in [4.78, 5) is 4.27. The van der Waals surface area contributed by atoms with Crippen LogP contribution in [0.5, 0.6) is 0 Å². The van der Waals surface area contributed by atoms with Crippen molar-refractivity contribution in [2.75, 3.05) is 0 Å². The summed E-state index contributed by atoms with van der Waals surface area (Å²) >= 11 is 3.44. The third-order valence-corrected chi connectivity index (χ3v) is 4.52. The number of hydrogen-bond acceptors (Lipinski definition) is 2. The molecule has 0 radical (unpaired) electrons. The molecule has 3 rings (SSSR count). The van der Waals surface area contributed by atoms with Crippen LogP contribution in [0, 0.1) is 0 Å². The molecule has 2 nitrogen and oxygen atoms in total. The lowest BCUT2D eigenvalue weighted by Gasteiger charge is -2.26. The van der Waals surface area contributed by atoms with Gasteiger partial charge in [-0.1, -0.05) is 30.7 Å². The number of aliphatic hydroxyl groups is 1. The highest BCUT2D eigenvalue weighted by Gasteiger charge is 2.21. The maximum atomic E-state index is 10.5. The number of rotatable bonds is 3. The fraction of sp³-hybridized carbons (Fsp3) is 0.312. The molecule has 1 aliphatic carbocycles. The summed E-state index contributed by atoms with van der Waals surface area (Å²) in [6.45, 7) is 0. The minimum Gasteiger partial charge on any atom is -0.382 e. The Morgan fingerprint density at radius 1 is 1.21 bits per heavy atom. The number of hydrogen-bond donors (Lipinski definition) is 1. The summed E-state index contributed by atoms with van der Waals surface area (Å²) in [5.41, 5.74) is 2.94. The van der Waals surface area contributed by atoms with Gasteiger partial charge in [-0.3, -0.25) is 4.98 Å². The van der Waals surface area contributed by atoms with E-state index in [9.17, 15) is 5.11 Å². The molecule has 1 fully saturated rings. The van der Waals surface area contributed by atoms with Crippen LogP contribution in [0.25, 0.3) is 0 Å². The second-order valence-electron chi connectivity index (χ2n) is 5.07. The third-order valence-electron chi connectivity index (χ3n) is 3.85. The van der Waals surface area contributed by atoms with E-state index >= 15 is 0 Å². The minimum absolute atomic E-state index is 0.671. The highest BCUT2D eigenvalue weighted by Crippen LogP contribution is 2.37. The Balaban J connectivity index is 1.91. The van der Waals surface area contributed by atoms with E-state index in [4.69, 9.17) is 0 Å². The van der Waals surface area contributed by atoms with E-state index in [1.165, 1.54) is 24.8 Å². The van der Waals surface area contributed by atoms with Crippen molar-refractivity contribution in [1.29, 1.82) is 0 Å². The first-order valence-corrected chi connectivity index (χ1v) is 7.43. The van der Waals surface area contributed by atoms with Gasteiger partial charge in [-0.15, -0.1) is 0 Å². The predicted molar refractivity (Wildman–Crippen MR) is 79.0 cm³/mol. The van der Waals surface area contributed by atoms with Crippen LogP contribution in [0.2, 0.25) is 0 Å². The minimum atomic E-state index is -0.671. The summed E-state index contributed by atoms with van der Waals surface area (Å²) in [6.07, 6.45) is 4.90. The zero-order chi connectivity index (χ0) is 13.2. The molecule has 0 amide bonds. The molecule has 19 heavy (non-hydrogen) atoms. The number of pyridine rings is 1. The lowest BCUT2D eigenvalue weighted by molar-refractivity contribution is 0.214. The van der Waals surface area contributed by atoms with Crippen LogP contribution in [0.4, 0.5) is 0 Å². The van der Waals surface area contributed by atoms with Crippen LogP contribution < -0.4 is 0 Å². The Morgan fingerprint density at radius 2 is 2.05 bits per heavy atom. The van der Waals surface area contributed by atoms with Gasteiger partial charge in [0.2, 0.25) is 0 Å². The summed E-state index contributed by atoms with van der Waals surface area (Å²) in [5, 5.41) is 10.5. The summed E-state index contributed by atoms with van der Waals surface area (Å²) < 4.78 is 0.844. The molecule has 0 saturated heterocycles. The number of aliphatic hydroxyl groups excluding tert-OH is 1. The van der Waals surface area contributed by atoms with Crippen molar-refractivity contribution in [2.24, 2.45) is 0 Å². The van der Waals surface area contributed by atoms with Crippen LogP contribution in [0.1, 0.15) is 48.1 Å². The molecule has 1 atom stereocenters. The van der Waals surface area contributed by atoms with Crippen molar-refractivity contribution in [3.8, 4) is 0 Å². The van der Waals surface area contributed by atoms with Crippen LogP contribution in [-0.2, 0) is 0 Å². The zero-order valence-electron chi connectivity index (χ0n) is 10.6. The van der Waals surface area contributed by atoms with Crippen molar-refractivity contribution in [2.45, 2.75) is 31.3 Å². The van der Waals surface area contributed by atoms with Gasteiger partial charge in [0, 0.05) is 10.7 Å². The van der Waals surface area contributed by atoms with E-state index in [1.54, 1.807) is 6.20 Å². The average Bonchev–Trinajstić information content (AvgIpc) is 2.37. The molecule has 0 bridgehead atoms. The first-order chi connectivity index (χ1) is 9.25. The van der Waals surface area contributed by atoms with E-state index in [0.717, 1.165) is 10.0 Å². The predicted octanol–water partition coefficient (Wildman–Crippen LogP) is 4.19. The van der Waals surface area contributed by atoms with Crippen molar-refractivity contribution in [3.05, 3.63) is 63.9 Å². The van der Waals surface area contributed by atoms with Gasteiger partial charge in [-0.05, 0) is 57.9 Å². The molecule has 1 N–H and O–H groups in total. The summed E-state index contributed by atoms with van der Waals surface area (Å²) in [6, 6.07) is 12.0. The van der Waals surface area contributed by atoms with Crippen molar-refractivity contribution in [3.63, 3.8) is 0 Å². The lowest BCUT2D eigenvalue weighted by Crippen LogP contribution is -2.10. The molecule has 1 aromatic carbocycles. The molecular formula is C16H16BrNO. The van der Waals surface area contributed by atoms with E-state index < -0.39 is 6.10 Å². The third kappa shape index (κ3) is 2.58. The Morgan fingerprint density at radius 3 is 2.74 bits per heavy atom. The van der Waals surface area contributed by atoms with Gasteiger partial charge in [0.05, 0.1) is 5.69 Å². The number of halogens is 1. The normalized spacial score (nSPS) is 16.9. The van der Waals surface area contributed by atoms with Crippen LogP contribution >= 0.6 is 15.9 Å². The van der Waals surface area contributed by atoms with Gasteiger partial charge in [0.25, 0.3) is 0 Å². The molecule has 0 aliphatic heterocycles. The Bertz CT molecular complexity index is 580. The molecule has 0 spiro atoms. The van der Waals surface area contributed by atoms with Crippen molar-refractivity contribution < 1.29 is 5.11 Å². The van der Waals surface area contributed by atoms with E-state index in [2.05, 4.69) is 33.0 Å². The van der Waals surface area contributed by atoms with Gasteiger partial charge in [-0.2, -0.15) is 0 Å². The topological polar surface area (TPSA) is 33.1 Å². The Labute approximate surface area is 121 Å². The zero-order valence-corrected chi connectivity index (χ0v) is 12.2. The molecule has 98 valence electrons. The largest absolute Gasteiger partial charge is 0.382 e. The molecule has 1 aromatic heterocycles. The van der Waals surface area contributed by atoms with E-state index in [1.807, 2.05) is 24.3 Å². The van der Waals surface area contributed by atoms with E-state index in [0.29, 0.717) is 11.6 Å². The fourth-order valence-corrected chi connectivity index (χ4v) is 2.95. The smallest absolute Gasteiger partial charge is 0.122 e. The first-order valence-electron chi connectivity index (χ1n) is 6.64. The standard InChI is InChI=1S/C16H16BrNO/c17-14-8-3-9-18-15(14)16(19)13-7-2-6-12(10-13)11-4-1-5-11/h2-3,6-11,16,19H,1,4-5H2. The van der Waals surface area contributed by atoms with Crippen molar-refractivity contribution in [1.82, 2.24) is 4.98 Å². The molecule has 1 aliphatic rings. The van der Waals surface area contributed by atoms with Gasteiger partial charge in [0.1, 0.15) is 6.10 Å². The number of aromatic nitrogens is 1. The van der Waals surface area contributed by atoms with Crippen molar-refractivity contribution >= 4 is 15.9 Å². The summed E-state index contributed by atoms with van der Waals surface area (Å²) in [7, 11) is 0. The molecule has 2 aromatic rings. The number of benzene rings is 1. The lowest BCUT2D eigenvalue weighted by atomic mass is 9.79. The second-order valence-corrected chi connectivity index (χ2v) is 5.93. The second kappa shape index (κ2) is 5.43.